The van der Waals surface area contributed by atoms with E-state index in [9.17, 15) is 4.79 Å². The van der Waals surface area contributed by atoms with Gasteiger partial charge in [-0.1, -0.05) is 12.8 Å². The summed E-state index contributed by atoms with van der Waals surface area (Å²) < 4.78 is 0. The molecule has 1 aliphatic carbocycles. The SMILES string of the molecule is O=C(c1ccnnc1)N(CCCl)C1CCCC1. The fourth-order valence-electron chi connectivity index (χ4n) is 2.34. The van der Waals surface area contributed by atoms with E-state index in [0.29, 0.717) is 24.0 Å². The Labute approximate surface area is 106 Å². The Hall–Kier alpha value is -1.16. The van der Waals surface area contributed by atoms with Gasteiger partial charge in [0, 0.05) is 18.5 Å². The summed E-state index contributed by atoms with van der Waals surface area (Å²) in [5.74, 6) is 0.494. The third-order valence-electron chi connectivity index (χ3n) is 3.18. The van der Waals surface area contributed by atoms with E-state index in [2.05, 4.69) is 10.2 Å². The number of carbonyl (C=O) groups is 1. The van der Waals surface area contributed by atoms with Crippen molar-refractivity contribution in [2.24, 2.45) is 0 Å². The van der Waals surface area contributed by atoms with Crippen LogP contribution in [-0.4, -0.2) is 39.5 Å². The van der Waals surface area contributed by atoms with Crippen molar-refractivity contribution in [1.29, 1.82) is 0 Å². The zero-order valence-corrected chi connectivity index (χ0v) is 10.4. The van der Waals surface area contributed by atoms with Crippen LogP contribution in [-0.2, 0) is 0 Å². The second-order valence-corrected chi connectivity index (χ2v) is 4.63. The lowest BCUT2D eigenvalue weighted by atomic mass is 10.1. The molecule has 4 nitrogen and oxygen atoms in total. The van der Waals surface area contributed by atoms with E-state index in [4.69, 9.17) is 11.6 Å². The zero-order valence-electron chi connectivity index (χ0n) is 9.68. The smallest absolute Gasteiger partial charge is 0.255 e. The maximum absolute atomic E-state index is 12.3. The van der Waals surface area contributed by atoms with Crippen LogP contribution in [0.15, 0.2) is 18.5 Å². The maximum Gasteiger partial charge on any atom is 0.255 e. The molecule has 1 aromatic heterocycles. The topological polar surface area (TPSA) is 46.1 Å². The van der Waals surface area contributed by atoms with E-state index in [1.807, 2.05) is 4.90 Å². The summed E-state index contributed by atoms with van der Waals surface area (Å²) in [4.78, 5) is 14.2. The number of carbonyl (C=O) groups excluding carboxylic acids is 1. The van der Waals surface area contributed by atoms with Gasteiger partial charge >= 0.3 is 0 Å². The number of alkyl halides is 1. The van der Waals surface area contributed by atoms with E-state index in [0.717, 1.165) is 12.8 Å². The molecule has 17 heavy (non-hydrogen) atoms. The number of nitrogens with zero attached hydrogens (tertiary/aromatic N) is 3. The van der Waals surface area contributed by atoms with Gasteiger partial charge in [0.1, 0.15) is 0 Å². The minimum absolute atomic E-state index is 0.0208. The van der Waals surface area contributed by atoms with Crippen molar-refractivity contribution in [1.82, 2.24) is 15.1 Å². The molecule has 2 rings (SSSR count). The average Bonchev–Trinajstić information content (AvgIpc) is 2.90. The summed E-state index contributed by atoms with van der Waals surface area (Å²) >= 11 is 5.78. The summed E-state index contributed by atoms with van der Waals surface area (Å²) in [5, 5.41) is 7.43. The molecule has 0 N–H and O–H groups in total. The van der Waals surface area contributed by atoms with E-state index >= 15 is 0 Å². The molecule has 0 spiro atoms. The van der Waals surface area contributed by atoms with Gasteiger partial charge in [-0.3, -0.25) is 4.79 Å². The minimum Gasteiger partial charge on any atom is -0.334 e. The molecule has 92 valence electrons. The van der Waals surface area contributed by atoms with Gasteiger partial charge in [0.15, 0.2) is 0 Å². The Kier molecular flexibility index (Phi) is 4.31. The number of rotatable bonds is 4. The highest BCUT2D eigenvalue weighted by Crippen LogP contribution is 2.24. The molecule has 0 radical (unpaired) electrons. The largest absolute Gasteiger partial charge is 0.334 e. The van der Waals surface area contributed by atoms with Crippen LogP contribution in [0, 0.1) is 0 Å². The van der Waals surface area contributed by atoms with Crippen LogP contribution in [0.5, 0.6) is 0 Å². The van der Waals surface area contributed by atoms with Gasteiger partial charge in [-0.05, 0) is 18.9 Å². The molecule has 1 amide bonds. The molecule has 0 bridgehead atoms. The monoisotopic (exact) mass is 253 g/mol. The van der Waals surface area contributed by atoms with Crippen LogP contribution in [0.25, 0.3) is 0 Å². The fraction of sp³-hybridized carbons (Fsp3) is 0.583. The van der Waals surface area contributed by atoms with Gasteiger partial charge in [0.05, 0.1) is 18.0 Å². The third-order valence-corrected chi connectivity index (χ3v) is 3.35. The highest BCUT2D eigenvalue weighted by molar-refractivity contribution is 6.18. The summed E-state index contributed by atoms with van der Waals surface area (Å²) in [6.45, 7) is 0.605. The Balaban J connectivity index is 2.12. The highest BCUT2D eigenvalue weighted by atomic mass is 35.5. The second kappa shape index (κ2) is 5.96. The predicted molar refractivity (Wildman–Crippen MR) is 66.0 cm³/mol. The van der Waals surface area contributed by atoms with Crippen LogP contribution in [0.4, 0.5) is 0 Å². The van der Waals surface area contributed by atoms with Gasteiger partial charge in [0.2, 0.25) is 0 Å². The fourth-order valence-corrected chi connectivity index (χ4v) is 2.52. The first-order chi connectivity index (χ1) is 8.33. The van der Waals surface area contributed by atoms with Crippen molar-refractivity contribution >= 4 is 17.5 Å². The number of halogens is 1. The molecule has 1 aliphatic rings. The summed E-state index contributed by atoms with van der Waals surface area (Å²) in [6.07, 6.45) is 7.62. The molecule has 0 unspecified atom stereocenters. The lowest BCUT2D eigenvalue weighted by Crippen LogP contribution is -2.40. The van der Waals surface area contributed by atoms with Crippen molar-refractivity contribution in [3.63, 3.8) is 0 Å². The molecule has 5 heteroatoms. The quantitative estimate of drug-likeness (QED) is 0.772. The molecule has 0 aliphatic heterocycles. The van der Waals surface area contributed by atoms with Gasteiger partial charge in [0.25, 0.3) is 5.91 Å². The second-order valence-electron chi connectivity index (χ2n) is 4.26. The molecular weight excluding hydrogens is 238 g/mol. The lowest BCUT2D eigenvalue weighted by Gasteiger charge is -2.28. The van der Waals surface area contributed by atoms with E-state index in [1.165, 1.54) is 19.0 Å². The van der Waals surface area contributed by atoms with Gasteiger partial charge in [-0.15, -0.1) is 11.6 Å². The van der Waals surface area contributed by atoms with Crippen LogP contribution in [0.1, 0.15) is 36.0 Å². The minimum atomic E-state index is 0.0208. The summed E-state index contributed by atoms with van der Waals surface area (Å²) in [5.41, 5.74) is 0.594. The third kappa shape index (κ3) is 2.94. The maximum atomic E-state index is 12.3. The zero-order chi connectivity index (χ0) is 12.1. The van der Waals surface area contributed by atoms with Crippen LogP contribution in [0.2, 0.25) is 0 Å². The Morgan fingerprint density at radius 3 is 2.76 bits per heavy atom. The van der Waals surface area contributed by atoms with E-state index in [1.54, 1.807) is 12.3 Å². The summed E-state index contributed by atoms with van der Waals surface area (Å²) in [6, 6.07) is 2.04. The first-order valence-electron chi connectivity index (χ1n) is 5.96. The van der Waals surface area contributed by atoms with Crippen molar-refractivity contribution < 1.29 is 4.79 Å². The molecular formula is C12H16ClN3O. The predicted octanol–water partition coefficient (Wildman–Crippen LogP) is 2.10. The summed E-state index contributed by atoms with van der Waals surface area (Å²) in [7, 11) is 0. The lowest BCUT2D eigenvalue weighted by molar-refractivity contribution is 0.0694. The number of amides is 1. The molecule has 0 saturated heterocycles. The average molecular weight is 254 g/mol. The molecule has 0 atom stereocenters. The van der Waals surface area contributed by atoms with Gasteiger partial charge < -0.3 is 4.90 Å². The van der Waals surface area contributed by atoms with E-state index < -0.39 is 0 Å². The Morgan fingerprint density at radius 2 is 2.18 bits per heavy atom. The van der Waals surface area contributed by atoms with Crippen LogP contribution in [0.3, 0.4) is 0 Å². The van der Waals surface area contributed by atoms with Crippen molar-refractivity contribution in [2.45, 2.75) is 31.7 Å². The normalized spacial score (nSPS) is 16.1. The van der Waals surface area contributed by atoms with Crippen molar-refractivity contribution in [2.75, 3.05) is 12.4 Å². The van der Waals surface area contributed by atoms with Gasteiger partial charge in [-0.2, -0.15) is 10.2 Å². The van der Waals surface area contributed by atoms with Gasteiger partial charge in [-0.25, -0.2) is 0 Å². The van der Waals surface area contributed by atoms with Crippen molar-refractivity contribution in [3.05, 3.63) is 24.0 Å². The molecule has 1 aromatic rings. The first kappa shape index (κ1) is 12.3. The van der Waals surface area contributed by atoms with E-state index in [-0.39, 0.29) is 5.91 Å². The number of aromatic nitrogens is 2. The van der Waals surface area contributed by atoms with Crippen LogP contribution >= 0.6 is 11.6 Å². The molecule has 0 aromatic carbocycles. The molecule has 1 saturated carbocycles. The van der Waals surface area contributed by atoms with Crippen LogP contribution < -0.4 is 0 Å². The molecule has 1 fully saturated rings. The van der Waals surface area contributed by atoms with Crippen molar-refractivity contribution in [3.8, 4) is 0 Å². The standard InChI is InChI=1S/C12H16ClN3O/c13-6-8-16(11-3-1-2-4-11)12(17)10-5-7-14-15-9-10/h5,7,9,11H,1-4,6,8H2. The first-order valence-corrected chi connectivity index (χ1v) is 6.50. The Morgan fingerprint density at radius 1 is 1.41 bits per heavy atom. The Bertz CT molecular complexity index is 365. The molecule has 1 heterocycles. The number of hydrogen-bond acceptors (Lipinski definition) is 3. The number of hydrogen-bond donors (Lipinski definition) is 0. The highest BCUT2D eigenvalue weighted by Gasteiger charge is 2.26.